The highest BCUT2D eigenvalue weighted by molar-refractivity contribution is 5.80. The van der Waals surface area contributed by atoms with Crippen molar-refractivity contribution in [1.82, 2.24) is 5.32 Å². The van der Waals surface area contributed by atoms with E-state index in [2.05, 4.69) is 5.32 Å². The molecular formula is C15H23NO4. The summed E-state index contributed by atoms with van der Waals surface area (Å²) >= 11 is 0. The number of rotatable bonds is 9. The molecule has 20 heavy (non-hydrogen) atoms. The Morgan fingerprint density at radius 2 is 2.10 bits per heavy atom. The number of amides is 1. The number of methoxy groups -OCH3 is 1. The van der Waals surface area contributed by atoms with E-state index >= 15 is 0 Å². The SMILES string of the molecule is CCOCCCNC(=O)C(C)Oc1cccc(OC)c1. The zero-order chi connectivity index (χ0) is 14.8. The van der Waals surface area contributed by atoms with Crippen LogP contribution in [-0.4, -0.2) is 38.9 Å². The monoisotopic (exact) mass is 281 g/mol. The number of benzene rings is 1. The van der Waals surface area contributed by atoms with Crippen LogP contribution in [0.5, 0.6) is 11.5 Å². The maximum atomic E-state index is 11.8. The lowest BCUT2D eigenvalue weighted by Crippen LogP contribution is -2.37. The smallest absolute Gasteiger partial charge is 0.260 e. The first-order valence-corrected chi connectivity index (χ1v) is 6.83. The van der Waals surface area contributed by atoms with E-state index in [0.717, 1.165) is 6.42 Å². The van der Waals surface area contributed by atoms with Crippen LogP contribution in [0.3, 0.4) is 0 Å². The first kappa shape index (κ1) is 16.3. The van der Waals surface area contributed by atoms with Crippen LogP contribution in [-0.2, 0) is 9.53 Å². The van der Waals surface area contributed by atoms with E-state index in [9.17, 15) is 4.79 Å². The summed E-state index contributed by atoms with van der Waals surface area (Å²) in [6.45, 7) is 5.61. The molecule has 5 nitrogen and oxygen atoms in total. The van der Waals surface area contributed by atoms with Crippen molar-refractivity contribution in [2.45, 2.75) is 26.4 Å². The molecule has 1 aromatic rings. The number of ether oxygens (including phenoxy) is 3. The zero-order valence-corrected chi connectivity index (χ0v) is 12.3. The van der Waals surface area contributed by atoms with Gasteiger partial charge in [-0.1, -0.05) is 6.07 Å². The van der Waals surface area contributed by atoms with Crippen LogP contribution < -0.4 is 14.8 Å². The van der Waals surface area contributed by atoms with E-state index in [4.69, 9.17) is 14.2 Å². The number of carbonyl (C=O) groups is 1. The Labute approximate surface area is 120 Å². The van der Waals surface area contributed by atoms with Gasteiger partial charge in [-0.3, -0.25) is 4.79 Å². The van der Waals surface area contributed by atoms with Crippen molar-refractivity contribution >= 4 is 5.91 Å². The van der Waals surface area contributed by atoms with Gasteiger partial charge in [-0.2, -0.15) is 0 Å². The maximum absolute atomic E-state index is 11.8. The van der Waals surface area contributed by atoms with Gasteiger partial charge < -0.3 is 19.5 Å². The summed E-state index contributed by atoms with van der Waals surface area (Å²) in [7, 11) is 1.59. The highest BCUT2D eigenvalue weighted by Gasteiger charge is 2.14. The van der Waals surface area contributed by atoms with Crippen molar-refractivity contribution in [2.75, 3.05) is 26.9 Å². The standard InChI is InChI=1S/C15H23NO4/c1-4-19-10-6-9-16-15(17)12(2)20-14-8-5-7-13(11-14)18-3/h5,7-8,11-12H,4,6,9-10H2,1-3H3,(H,16,17). The van der Waals surface area contributed by atoms with Crippen LogP contribution in [0.4, 0.5) is 0 Å². The van der Waals surface area contributed by atoms with Gasteiger partial charge in [0.1, 0.15) is 11.5 Å². The van der Waals surface area contributed by atoms with Crippen molar-refractivity contribution in [1.29, 1.82) is 0 Å². The van der Waals surface area contributed by atoms with Crippen molar-refractivity contribution < 1.29 is 19.0 Å². The molecule has 112 valence electrons. The predicted octanol–water partition coefficient (Wildman–Crippen LogP) is 2.01. The van der Waals surface area contributed by atoms with E-state index < -0.39 is 6.10 Å². The minimum atomic E-state index is -0.547. The maximum Gasteiger partial charge on any atom is 0.260 e. The molecule has 0 bridgehead atoms. The Bertz CT molecular complexity index is 409. The summed E-state index contributed by atoms with van der Waals surface area (Å²) < 4.78 is 15.9. The fourth-order valence-corrected chi connectivity index (χ4v) is 1.61. The minimum Gasteiger partial charge on any atom is -0.497 e. The summed E-state index contributed by atoms with van der Waals surface area (Å²) in [6.07, 6.45) is 0.250. The largest absolute Gasteiger partial charge is 0.497 e. The van der Waals surface area contributed by atoms with E-state index in [1.165, 1.54) is 0 Å². The summed E-state index contributed by atoms with van der Waals surface area (Å²) in [6, 6.07) is 7.19. The average Bonchev–Trinajstić information content (AvgIpc) is 2.47. The van der Waals surface area contributed by atoms with Gasteiger partial charge in [0.05, 0.1) is 7.11 Å². The van der Waals surface area contributed by atoms with Crippen molar-refractivity contribution in [3.05, 3.63) is 24.3 Å². The molecule has 1 rings (SSSR count). The van der Waals surface area contributed by atoms with Crippen LogP contribution in [0.1, 0.15) is 20.3 Å². The minimum absolute atomic E-state index is 0.135. The molecule has 0 aliphatic heterocycles. The van der Waals surface area contributed by atoms with Gasteiger partial charge in [0.15, 0.2) is 6.10 Å². The van der Waals surface area contributed by atoms with Gasteiger partial charge in [0.25, 0.3) is 5.91 Å². The molecule has 0 fully saturated rings. The molecule has 1 aromatic carbocycles. The van der Waals surface area contributed by atoms with Gasteiger partial charge in [0.2, 0.25) is 0 Å². The molecule has 0 spiro atoms. The molecule has 5 heteroatoms. The average molecular weight is 281 g/mol. The Hall–Kier alpha value is -1.75. The van der Waals surface area contributed by atoms with Crippen molar-refractivity contribution in [3.63, 3.8) is 0 Å². The summed E-state index contributed by atoms with van der Waals surface area (Å²) in [5.41, 5.74) is 0. The normalized spacial score (nSPS) is 11.8. The second-order valence-corrected chi connectivity index (χ2v) is 4.28. The van der Waals surface area contributed by atoms with Crippen LogP contribution in [0.15, 0.2) is 24.3 Å². The van der Waals surface area contributed by atoms with Gasteiger partial charge in [-0.15, -0.1) is 0 Å². The lowest BCUT2D eigenvalue weighted by atomic mass is 10.3. The molecule has 1 atom stereocenters. The number of hydrogen-bond donors (Lipinski definition) is 1. The van der Waals surface area contributed by atoms with E-state index in [0.29, 0.717) is 31.3 Å². The molecule has 0 saturated heterocycles. The molecular weight excluding hydrogens is 258 g/mol. The van der Waals surface area contributed by atoms with Crippen LogP contribution in [0.2, 0.25) is 0 Å². The van der Waals surface area contributed by atoms with Gasteiger partial charge in [-0.05, 0) is 32.4 Å². The molecule has 1 N–H and O–H groups in total. The zero-order valence-electron chi connectivity index (χ0n) is 12.3. The topological polar surface area (TPSA) is 56.8 Å². The van der Waals surface area contributed by atoms with E-state index in [1.54, 1.807) is 26.2 Å². The Morgan fingerprint density at radius 3 is 2.80 bits per heavy atom. The summed E-state index contributed by atoms with van der Waals surface area (Å²) in [5.74, 6) is 1.18. The highest BCUT2D eigenvalue weighted by atomic mass is 16.5. The lowest BCUT2D eigenvalue weighted by molar-refractivity contribution is -0.127. The Balaban J connectivity index is 2.33. The molecule has 1 amide bonds. The van der Waals surface area contributed by atoms with E-state index in [1.807, 2.05) is 19.1 Å². The van der Waals surface area contributed by atoms with Crippen LogP contribution >= 0.6 is 0 Å². The third-order valence-electron chi connectivity index (χ3n) is 2.69. The molecule has 0 saturated carbocycles. The van der Waals surface area contributed by atoms with Crippen molar-refractivity contribution in [2.24, 2.45) is 0 Å². The first-order chi connectivity index (χ1) is 9.67. The molecule has 0 heterocycles. The third-order valence-corrected chi connectivity index (χ3v) is 2.69. The number of carbonyl (C=O) groups excluding carboxylic acids is 1. The molecule has 0 aromatic heterocycles. The summed E-state index contributed by atoms with van der Waals surface area (Å²) in [5, 5.41) is 2.81. The molecule has 0 radical (unpaired) electrons. The quantitative estimate of drug-likeness (QED) is 0.703. The number of nitrogens with one attached hydrogen (secondary N) is 1. The fraction of sp³-hybridized carbons (Fsp3) is 0.533. The predicted molar refractivity (Wildman–Crippen MR) is 77.2 cm³/mol. The Morgan fingerprint density at radius 1 is 1.35 bits per heavy atom. The number of hydrogen-bond acceptors (Lipinski definition) is 4. The lowest BCUT2D eigenvalue weighted by Gasteiger charge is -2.15. The van der Waals surface area contributed by atoms with Crippen molar-refractivity contribution in [3.8, 4) is 11.5 Å². The highest BCUT2D eigenvalue weighted by Crippen LogP contribution is 2.19. The van der Waals surface area contributed by atoms with E-state index in [-0.39, 0.29) is 5.91 Å². The Kier molecular flexibility index (Phi) is 7.50. The van der Waals surface area contributed by atoms with Gasteiger partial charge in [-0.25, -0.2) is 0 Å². The van der Waals surface area contributed by atoms with Crippen LogP contribution in [0.25, 0.3) is 0 Å². The first-order valence-electron chi connectivity index (χ1n) is 6.83. The van der Waals surface area contributed by atoms with Gasteiger partial charge in [0, 0.05) is 25.8 Å². The second kappa shape index (κ2) is 9.20. The summed E-state index contributed by atoms with van der Waals surface area (Å²) in [4.78, 5) is 11.8. The fourth-order valence-electron chi connectivity index (χ4n) is 1.61. The second-order valence-electron chi connectivity index (χ2n) is 4.28. The molecule has 0 aliphatic carbocycles. The third kappa shape index (κ3) is 5.93. The molecule has 1 unspecified atom stereocenters. The van der Waals surface area contributed by atoms with Gasteiger partial charge >= 0.3 is 0 Å². The molecule has 0 aliphatic rings. The van der Waals surface area contributed by atoms with Crippen LogP contribution in [0, 0.1) is 0 Å².